The summed E-state index contributed by atoms with van der Waals surface area (Å²) in [5.74, 6) is 0.309. The summed E-state index contributed by atoms with van der Waals surface area (Å²) in [6.07, 6.45) is -0.338. The summed E-state index contributed by atoms with van der Waals surface area (Å²) in [4.78, 5) is 13.2. The zero-order chi connectivity index (χ0) is 16.4. The molecule has 2 aliphatic heterocycles. The Morgan fingerprint density at radius 2 is 2.04 bits per heavy atom. The van der Waals surface area contributed by atoms with E-state index < -0.39 is 18.0 Å². The van der Waals surface area contributed by atoms with Crippen LogP contribution in [0.2, 0.25) is 0 Å². The first-order valence-corrected chi connectivity index (χ1v) is 7.68. The van der Waals surface area contributed by atoms with Crippen LogP contribution in [0.3, 0.4) is 0 Å². The Kier molecular flexibility index (Phi) is 4.58. The maximum absolute atomic E-state index is 11.2. The Labute approximate surface area is 134 Å². The highest BCUT2D eigenvalue weighted by atomic mass is 16.6. The van der Waals surface area contributed by atoms with Crippen LogP contribution in [0.4, 0.5) is 0 Å². The first kappa shape index (κ1) is 15.9. The molecule has 23 heavy (non-hydrogen) atoms. The number of hydrogen-bond donors (Lipinski definition) is 2. The molecule has 7 nitrogen and oxygen atoms in total. The van der Waals surface area contributed by atoms with Crippen LogP contribution in [0.25, 0.3) is 0 Å². The predicted octanol–water partition coefficient (Wildman–Crippen LogP) is 0.734. The molecule has 0 unspecified atom stereocenters. The molecule has 0 saturated carbocycles. The fourth-order valence-corrected chi connectivity index (χ4v) is 3.06. The van der Waals surface area contributed by atoms with Crippen LogP contribution in [0.1, 0.15) is 12.0 Å². The van der Waals surface area contributed by atoms with Gasteiger partial charge in [0.25, 0.3) is 0 Å². The number of ether oxygens (including phenoxy) is 3. The number of carbonyl (C=O) groups is 1. The van der Waals surface area contributed by atoms with E-state index in [9.17, 15) is 15.0 Å². The molecule has 0 aromatic heterocycles. The van der Waals surface area contributed by atoms with Gasteiger partial charge in [-0.05, 0) is 12.5 Å². The molecule has 1 fully saturated rings. The lowest BCUT2D eigenvalue weighted by molar-refractivity contribution is -0.149. The summed E-state index contributed by atoms with van der Waals surface area (Å²) in [5.41, 5.74) is 0.914. The predicted molar refractivity (Wildman–Crippen MR) is 81.0 cm³/mol. The topological polar surface area (TPSA) is 88.5 Å². The summed E-state index contributed by atoms with van der Waals surface area (Å²) in [7, 11) is 1.59. The molecule has 0 spiro atoms. The van der Waals surface area contributed by atoms with Crippen molar-refractivity contribution in [2.45, 2.75) is 19.1 Å². The smallest absolute Gasteiger partial charge is 0.310 e. The Balaban J connectivity index is 1.78. The van der Waals surface area contributed by atoms with Gasteiger partial charge in [0.05, 0.1) is 19.1 Å². The number of methoxy groups -OCH3 is 1. The van der Waals surface area contributed by atoms with Gasteiger partial charge in [-0.3, -0.25) is 9.69 Å². The number of rotatable bonds is 4. The zero-order valence-corrected chi connectivity index (χ0v) is 13.0. The number of aliphatic hydroxyl groups excluding tert-OH is 1. The summed E-state index contributed by atoms with van der Waals surface area (Å²) < 4.78 is 16.6. The van der Waals surface area contributed by atoms with Gasteiger partial charge in [0, 0.05) is 31.3 Å². The first-order valence-electron chi connectivity index (χ1n) is 7.68. The highest BCUT2D eigenvalue weighted by molar-refractivity contribution is 5.71. The van der Waals surface area contributed by atoms with E-state index >= 15 is 0 Å². The van der Waals surface area contributed by atoms with E-state index in [0.29, 0.717) is 56.5 Å². The normalized spacial score (nSPS) is 24.3. The molecule has 0 amide bonds. The van der Waals surface area contributed by atoms with Crippen LogP contribution in [0, 0.1) is 5.92 Å². The van der Waals surface area contributed by atoms with Crippen molar-refractivity contribution >= 4 is 5.97 Å². The molecule has 0 bridgehead atoms. The molecule has 0 radical (unpaired) electrons. The molecule has 1 saturated heterocycles. The number of hydrogen-bond acceptors (Lipinski definition) is 6. The molecule has 1 aromatic rings. The second kappa shape index (κ2) is 6.64. The van der Waals surface area contributed by atoms with E-state index in [2.05, 4.69) is 0 Å². The third-order valence-electron chi connectivity index (χ3n) is 4.32. The number of likely N-dealkylation sites (tertiary alicyclic amines) is 1. The number of piperidine rings is 1. The van der Waals surface area contributed by atoms with Crippen molar-refractivity contribution in [3.05, 3.63) is 17.7 Å². The number of carboxylic acid groups (broad SMARTS) is 1. The van der Waals surface area contributed by atoms with E-state index in [1.807, 2.05) is 11.0 Å². The lowest BCUT2D eigenvalue weighted by atomic mass is 9.94. The Bertz CT molecular complexity index is 590. The number of aliphatic carboxylic acids is 1. The first-order chi connectivity index (χ1) is 11.1. The van der Waals surface area contributed by atoms with Crippen LogP contribution in [-0.4, -0.2) is 60.6 Å². The molecular weight excluding hydrogens is 302 g/mol. The number of aliphatic hydroxyl groups is 1. The van der Waals surface area contributed by atoms with Crippen LogP contribution >= 0.6 is 0 Å². The summed E-state index contributed by atoms with van der Waals surface area (Å²) >= 11 is 0. The molecule has 2 aliphatic rings. The molecule has 2 heterocycles. The second-order valence-corrected chi connectivity index (χ2v) is 5.84. The Morgan fingerprint density at radius 1 is 1.35 bits per heavy atom. The second-order valence-electron chi connectivity index (χ2n) is 5.84. The SMILES string of the molecule is COc1cc2c(cc1CN1CC[C@H](O)[C@H](C(=O)O)C1)OCCO2. The Hall–Kier alpha value is -1.99. The number of nitrogens with zero attached hydrogens (tertiary/aromatic N) is 1. The molecule has 126 valence electrons. The maximum Gasteiger partial charge on any atom is 0.310 e. The lowest BCUT2D eigenvalue weighted by Crippen LogP contribution is -2.46. The van der Waals surface area contributed by atoms with Gasteiger partial charge in [-0.15, -0.1) is 0 Å². The minimum atomic E-state index is -0.962. The van der Waals surface area contributed by atoms with Gasteiger partial charge < -0.3 is 24.4 Å². The van der Waals surface area contributed by atoms with Gasteiger partial charge >= 0.3 is 5.97 Å². The van der Waals surface area contributed by atoms with Crippen LogP contribution in [-0.2, 0) is 11.3 Å². The molecule has 0 aliphatic carbocycles. The van der Waals surface area contributed by atoms with E-state index in [1.165, 1.54) is 0 Å². The monoisotopic (exact) mass is 323 g/mol. The molecular formula is C16H21NO6. The average Bonchev–Trinajstić information content (AvgIpc) is 2.55. The van der Waals surface area contributed by atoms with Crippen LogP contribution in [0.5, 0.6) is 17.2 Å². The van der Waals surface area contributed by atoms with Crippen molar-refractivity contribution in [1.29, 1.82) is 0 Å². The van der Waals surface area contributed by atoms with Crippen molar-refractivity contribution in [3.8, 4) is 17.2 Å². The maximum atomic E-state index is 11.2. The van der Waals surface area contributed by atoms with Gasteiger partial charge in [-0.2, -0.15) is 0 Å². The average molecular weight is 323 g/mol. The third kappa shape index (κ3) is 3.35. The summed E-state index contributed by atoms with van der Waals surface area (Å²) in [6, 6.07) is 3.69. The largest absolute Gasteiger partial charge is 0.496 e. The van der Waals surface area contributed by atoms with E-state index in [-0.39, 0.29) is 0 Å². The van der Waals surface area contributed by atoms with Crippen molar-refractivity contribution in [3.63, 3.8) is 0 Å². The van der Waals surface area contributed by atoms with E-state index in [1.54, 1.807) is 13.2 Å². The molecule has 3 rings (SSSR count). The molecule has 2 atom stereocenters. The molecule has 7 heteroatoms. The van der Waals surface area contributed by atoms with Gasteiger partial charge in [0.1, 0.15) is 19.0 Å². The highest BCUT2D eigenvalue weighted by Gasteiger charge is 2.33. The molecule has 2 N–H and O–H groups in total. The quantitative estimate of drug-likeness (QED) is 0.844. The van der Waals surface area contributed by atoms with Crippen LogP contribution in [0.15, 0.2) is 12.1 Å². The summed E-state index contributed by atoms with van der Waals surface area (Å²) in [6.45, 7) is 2.52. The molecule has 1 aromatic carbocycles. The van der Waals surface area contributed by atoms with Gasteiger partial charge in [0.2, 0.25) is 0 Å². The summed E-state index contributed by atoms with van der Waals surface area (Å²) in [5, 5.41) is 19.0. The van der Waals surface area contributed by atoms with Gasteiger partial charge in [-0.1, -0.05) is 0 Å². The number of benzene rings is 1. The van der Waals surface area contributed by atoms with Crippen molar-refractivity contribution in [2.75, 3.05) is 33.4 Å². The minimum Gasteiger partial charge on any atom is -0.496 e. The fourth-order valence-electron chi connectivity index (χ4n) is 3.06. The van der Waals surface area contributed by atoms with Gasteiger partial charge in [0.15, 0.2) is 11.5 Å². The highest BCUT2D eigenvalue weighted by Crippen LogP contribution is 2.37. The number of fused-ring (bicyclic) bond motifs is 1. The van der Waals surface area contributed by atoms with Crippen LogP contribution < -0.4 is 14.2 Å². The van der Waals surface area contributed by atoms with Crippen molar-refractivity contribution in [2.24, 2.45) is 5.92 Å². The third-order valence-corrected chi connectivity index (χ3v) is 4.32. The van der Waals surface area contributed by atoms with Gasteiger partial charge in [-0.25, -0.2) is 0 Å². The van der Waals surface area contributed by atoms with E-state index in [4.69, 9.17) is 14.2 Å². The van der Waals surface area contributed by atoms with E-state index in [0.717, 1.165) is 5.56 Å². The minimum absolute atomic E-state index is 0.314. The number of carboxylic acids is 1. The van der Waals surface area contributed by atoms with Crippen molar-refractivity contribution < 1.29 is 29.2 Å². The lowest BCUT2D eigenvalue weighted by Gasteiger charge is -2.34. The standard InChI is InChI=1S/C16H21NO6/c1-21-13-7-15-14(22-4-5-23-15)6-10(13)8-17-3-2-12(18)11(9-17)16(19)20/h6-7,11-12,18H,2-5,8-9H2,1H3,(H,19,20)/t11-,12+/m1/s1. The zero-order valence-electron chi connectivity index (χ0n) is 13.0. The fraction of sp³-hybridized carbons (Fsp3) is 0.562. The van der Waals surface area contributed by atoms with Crippen molar-refractivity contribution in [1.82, 2.24) is 4.90 Å². The Morgan fingerprint density at radius 3 is 2.70 bits per heavy atom.